The third-order valence-corrected chi connectivity index (χ3v) is 6.68. The van der Waals surface area contributed by atoms with E-state index in [1.54, 1.807) is 0 Å². The zero-order valence-corrected chi connectivity index (χ0v) is 20.7. The largest absolute Gasteiger partial charge is 0.494 e. The first-order valence-electron chi connectivity index (χ1n) is 12.2. The molecule has 0 unspecified atom stereocenters. The van der Waals surface area contributed by atoms with Gasteiger partial charge in [0, 0.05) is 38.6 Å². The maximum absolute atomic E-state index is 11.0. The SMILES string of the molecule is Cc1ccc(OCC2(O)CCN(Cc3ccc(OCCCn4ccnc4C)cc3)CC2)c(C)c1. The highest BCUT2D eigenvalue weighted by atomic mass is 16.5. The van der Waals surface area contributed by atoms with Crippen LogP contribution in [0.15, 0.2) is 54.9 Å². The van der Waals surface area contributed by atoms with Crippen LogP contribution in [-0.2, 0) is 13.1 Å². The van der Waals surface area contributed by atoms with Gasteiger partial charge in [-0.25, -0.2) is 4.98 Å². The molecule has 1 fully saturated rings. The fourth-order valence-electron chi connectivity index (χ4n) is 4.46. The Balaban J connectivity index is 1.17. The highest BCUT2D eigenvalue weighted by Gasteiger charge is 2.33. The van der Waals surface area contributed by atoms with Crippen molar-refractivity contribution >= 4 is 0 Å². The monoisotopic (exact) mass is 463 g/mol. The van der Waals surface area contributed by atoms with Gasteiger partial charge in [-0.3, -0.25) is 4.90 Å². The van der Waals surface area contributed by atoms with E-state index < -0.39 is 5.60 Å². The quantitative estimate of drug-likeness (QED) is 0.442. The molecule has 34 heavy (non-hydrogen) atoms. The molecule has 2 aromatic carbocycles. The van der Waals surface area contributed by atoms with Crippen molar-refractivity contribution < 1.29 is 14.6 Å². The summed E-state index contributed by atoms with van der Waals surface area (Å²) < 4.78 is 14.0. The van der Waals surface area contributed by atoms with Gasteiger partial charge in [-0.2, -0.15) is 0 Å². The molecular weight excluding hydrogens is 426 g/mol. The number of aromatic nitrogens is 2. The van der Waals surface area contributed by atoms with Crippen LogP contribution in [0, 0.1) is 20.8 Å². The number of hydrogen-bond acceptors (Lipinski definition) is 5. The minimum atomic E-state index is -0.763. The van der Waals surface area contributed by atoms with Gasteiger partial charge in [-0.1, -0.05) is 29.8 Å². The van der Waals surface area contributed by atoms with E-state index in [0.29, 0.717) is 13.2 Å². The number of hydrogen-bond donors (Lipinski definition) is 1. The van der Waals surface area contributed by atoms with Crippen molar-refractivity contribution in [2.45, 2.75) is 58.7 Å². The topological polar surface area (TPSA) is 59.8 Å². The molecule has 0 aliphatic carbocycles. The summed E-state index contributed by atoms with van der Waals surface area (Å²) in [5.74, 6) is 2.80. The van der Waals surface area contributed by atoms with E-state index in [2.05, 4.69) is 51.7 Å². The van der Waals surface area contributed by atoms with Crippen LogP contribution >= 0.6 is 0 Å². The van der Waals surface area contributed by atoms with Crippen molar-refractivity contribution in [1.29, 1.82) is 0 Å². The van der Waals surface area contributed by atoms with Crippen LogP contribution in [0.4, 0.5) is 0 Å². The molecule has 1 aliphatic heterocycles. The number of rotatable bonds is 10. The summed E-state index contributed by atoms with van der Waals surface area (Å²) >= 11 is 0. The Morgan fingerprint density at radius 2 is 1.76 bits per heavy atom. The lowest BCUT2D eigenvalue weighted by Gasteiger charge is -2.38. The second-order valence-electron chi connectivity index (χ2n) is 9.57. The van der Waals surface area contributed by atoms with Crippen molar-refractivity contribution in [2.24, 2.45) is 0 Å². The predicted octanol–water partition coefficient (Wildman–Crippen LogP) is 4.68. The average molecular weight is 464 g/mol. The summed E-state index contributed by atoms with van der Waals surface area (Å²) in [6.45, 7) is 10.7. The molecule has 1 aliphatic rings. The second-order valence-corrected chi connectivity index (χ2v) is 9.57. The third kappa shape index (κ3) is 6.61. The normalized spacial score (nSPS) is 15.9. The van der Waals surface area contributed by atoms with Crippen molar-refractivity contribution in [3.05, 3.63) is 77.4 Å². The van der Waals surface area contributed by atoms with Gasteiger partial charge >= 0.3 is 0 Å². The van der Waals surface area contributed by atoms with Crippen molar-refractivity contribution in [3.8, 4) is 11.5 Å². The fraction of sp³-hybridized carbons (Fsp3) is 0.464. The number of piperidine rings is 1. The van der Waals surface area contributed by atoms with Crippen LogP contribution < -0.4 is 9.47 Å². The number of nitrogens with zero attached hydrogens (tertiary/aromatic N) is 3. The molecule has 0 bridgehead atoms. The van der Waals surface area contributed by atoms with Gasteiger partial charge in [0.2, 0.25) is 0 Å². The van der Waals surface area contributed by atoms with Gasteiger partial charge in [0.15, 0.2) is 0 Å². The molecule has 1 saturated heterocycles. The molecule has 4 rings (SSSR count). The first-order chi connectivity index (χ1) is 16.4. The number of ether oxygens (including phenoxy) is 2. The summed E-state index contributed by atoms with van der Waals surface area (Å²) in [6, 6.07) is 14.5. The summed E-state index contributed by atoms with van der Waals surface area (Å²) in [5, 5.41) is 11.0. The number of imidazole rings is 1. The lowest BCUT2D eigenvalue weighted by molar-refractivity contribution is -0.0538. The molecule has 182 valence electrons. The molecular formula is C28H37N3O3. The molecule has 6 heteroatoms. The molecule has 6 nitrogen and oxygen atoms in total. The van der Waals surface area contributed by atoms with E-state index in [1.165, 1.54) is 11.1 Å². The predicted molar refractivity (Wildman–Crippen MR) is 134 cm³/mol. The zero-order valence-electron chi connectivity index (χ0n) is 20.7. The van der Waals surface area contributed by atoms with Crippen molar-refractivity contribution in [2.75, 3.05) is 26.3 Å². The maximum atomic E-state index is 11.0. The Bertz CT molecular complexity index is 1050. The Morgan fingerprint density at radius 3 is 2.44 bits per heavy atom. The van der Waals surface area contributed by atoms with E-state index in [9.17, 15) is 5.11 Å². The van der Waals surface area contributed by atoms with Crippen LogP contribution in [0.5, 0.6) is 11.5 Å². The summed E-state index contributed by atoms with van der Waals surface area (Å²) in [4.78, 5) is 6.64. The van der Waals surface area contributed by atoms with Crippen LogP contribution in [0.1, 0.15) is 41.8 Å². The lowest BCUT2D eigenvalue weighted by Crippen LogP contribution is -2.47. The summed E-state index contributed by atoms with van der Waals surface area (Å²) in [5.41, 5.74) is 2.83. The van der Waals surface area contributed by atoms with Crippen molar-refractivity contribution in [1.82, 2.24) is 14.5 Å². The minimum absolute atomic E-state index is 0.344. The first kappa shape index (κ1) is 24.3. The summed E-state index contributed by atoms with van der Waals surface area (Å²) in [7, 11) is 0. The molecule has 0 atom stereocenters. The van der Waals surface area contributed by atoms with E-state index in [1.807, 2.05) is 38.4 Å². The molecule has 0 spiro atoms. The number of aryl methyl sites for hydroxylation is 4. The molecule has 1 N–H and O–H groups in total. The molecule has 0 radical (unpaired) electrons. The zero-order chi connectivity index (χ0) is 24.0. The summed E-state index contributed by atoms with van der Waals surface area (Å²) in [6.07, 6.45) is 6.22. The Morgan fingerprint density at radius 1 is 1.00 bits per heavy atom. The Labute approximate surface area is 203 Å². The van der Waals surface area contributed by atoms with Crippen LogP contribution in [0.2, 0.25) is 0 Å². The van der Waals surface area contributed by atoms with Gasteiger partial charge in [0.25, 0.3) is 0 Å². The number of benzene rings is 2. The van der Waals surface area contributed by atoms with Gasteiger partial charge in [-0.15, -0.1) is 0 Å². The van der Waals surface area contributed by atoms with Crippen LogP contribution in [-0.4, -0.2) is 51.5 Å². The smallest absolute Gasteiger partial charge is 0.122 e. The maximum Gasteiger partial charge on any atom is 0.122 e. The number of likely N-dealkylation sites (tertiary alicyclic amines) is 1. The third-order valence-electron chi connectivity index (χ3n) is 6.68. The van der Waals surface area contributed by atoms with Gasteiger partial charge in [0.05, 0.1) is 6.61 Å². The van der Waals surface area contributed by atoms with Gasteiger partial charge < -0.3 is 19.1 Å². The Hall–Kier alpha value is -2.83. The van der Waals surface area contributed by atoms with E-state index >= 15 is 0 Å². The van der Waals surface area contributed by atoms with Crippen molar-refractivity contribution in [3.63, 3.8) is 0 Å². The molecule has 3 aromatic rings. The Kier molecular flexibility index (Phi) is 7.91. The lowest BCUT2D eigenvalue weighted by atomic mass is 9.92. The highest BCUT2D eigenvalue weighted by Crippen LogP contribution is 2.27. The highest BCUT2D eigenvalue weighted by molar-refractivity contribution is 5.35. The standard InChI is InChI=1S/C28H37N3O3/c1-22-5-10-27(23(2)19-22)34-21-28(32)11-15-30(16-12-28)20-25-6-8-26(9-7-25)33-18-4-14-31-17-13-29-24(31)3/h5-10,13,17,19,32H,4,11-12,14-16,18,20-21H2,1-3H3. The van der Waals surface area contributed by atoms with E-state index in [0.717, 1.165) is 68.3 Å². The van der Waals surface area contributed by atoms with Crippen LogP contribution in [0.25, 0.3) is 0 Å². The first-order valence-corrected chi connectivity index (χ1v) is 12.2. The van der Waals surface area contributed by atoms with E-state index in [-0.39, 0.29) is 0 Å². The molecule has 1 aromatic heterocycles. The average Bonchev–Trinajstić information content (AvgIpc) is 3.23. The number of aliphatic hydroxyl groups is 1. The second kappa shape index (κ2) is 11.1. The van der Waals surface area contributed by atoms with E-state index in [4.69, 9.17) is 9.47 Å². The van der Waals surface area contributed by atoms with Crippen LogP contribution in [0.3, 0.4) is 0 Å². The molecule has 0 saturated carbocycles. The molecule has 0 amide bonds. The van der Waals surface area contributed by atoms with Gasteiger partial charge in [0.1, 0.15) is 29.5 Å². The van der Waals surface area contributed by atoms with Gasteiger partial charge in [-0.05, 0) is 69.4 Å². The fourth-order valence-corrected chi connectivity index (χ4v) is 4.46. The molecule has 2 heterocycles. The minimum Gasteiger partial charge on any atom is -0.494 e.